The number of para-hydroxylation sites is 1. The van der Waals surface area contributed by atoms with E-state index in [1.165, 1.54) is 33.1 Å². The average molecular weight is 480 g/mol. The van der Waals surface area contributed by atoms with Crippen LogP contribution in [0.5, 0.6) is 5.75 Å². The highest BCUT2D eigenvalue weighted by molar-refractivity contribution is 7.49. The van der Waals surface area contributed by atoms with Gasteiger partial charge in [0.25, 0.3) is 0 Å². The Kier molecular flexibility index (Phi) is 8.16. The highest BCUT2D eigenvalue weighted by atomic mass is 31.1. The second-order valence-electron chi connectivity index (χ2n) is 9.22. The van der Waals surface area contributed by atoms with Crippen molar-refractivity contribution in [3.05, 3.63) is 125 Å². The molecule has 0 aliphatic heterocycles. The van der Waals surface area contributed by atoms with E-state index in [-0.39, 0.29) is 5.16 Å². The Morgan fingerprint density at radius 3 is 2.29 bits per heavy atom. The molecule has 0 aliphatic rings. The third kappa shape index (κ3) is 6.27. The summed E-state index contributed by atoms with van der Waals surface area (Å²) in [5.74, 6) is 0.976. The van der Waals surface area contributed by atoms with Crippen molar-refractivity contribution in [3.8, 4) is 5.75 Å². The van der Waals surface area contributed by atoms with Crippen molar-refractivity contribution < 1.29 is 4.74 Å². The molecule has 0 aromatic heterocycles. The lowest BCUT2D eigenvalue weighted by atomic mass is 9.94. The van der Waals surface area contributed by atoms with Crippen LogP contribution >= 0.6 is 8.58 Å². The van der Waals surface area contributed by atoms with E-state index in [2.05, 4.69) is 88.4 Å². The molecule has 0 aliphatic carbocycles. The van der Waals surface area contributed by atoms with E-state index in [1.54, 1.807) is 0 Å². The van der Waals surface area contributed by atoms with Gasteiger partial charge in [-0.05, 0) is 54.9 Å². The second kappa shape index (κ2) is 11.5. The van der Waals surface area contributed by atoms with Gasteiger partial charge in [0.15, 0.2) is 0 Å². The van der Waals surface area contributed by atoms with E-state index in [1.807, 2.05) is 42.6 Å². The number of ether oxygens (including phenoxy) is 1. The SMILES string of the molecule is CCC(C)(Pc1c(C)cccc1C=Nc1ccccc1)c1cc(C)ccc1OCc1ccccc1. The van der Waals surface area contributed by atoms with E-state index in [0.29, 0.717) is 15.2 Å². The molecular weight excluding hydrogens is 445 g/mol. The minimum atomic E-state index is -0.0561. The number of hydrogen-bond donors (Lipinski definition) is 0. The molecule has 0 fully saturated rings. The fourth-order valence-electron chi connectivity index (χ4n) is 4.19. The van der Waals surface area contributed by atoms with Crippen LogP contribution in [0, 0.1) is 13.8 Å². The molecule has 0 N–H and O–H groups in total. The topological polar surface area (TPSA) is 21.6 Å². The Balaban J connectivity index is 1.67. The predicted molar refractivity (Wildman–Crippen MR) is 152 cm³/mol. The minimum Gasteiger partial charge on any atom is -0.489 e. The smallest absolute Gasteiger partial charge is 0.123 e. The van der Waals surface area contributed by atoms with Gasteiger partial charge in [0, 0.05) is 22.5 Å². The molecule has 2 nitrogen and oxygen atoms in total. The summed E-state index contributed by atoms with van der Waals surface area (Å²) in [7, 11) is 0.584. The van der Waals surface area contributed by atoms with E-state index in [9.17, 15) is 0 Å². The number of benzene rings is 4. The van der Waals surface area contributed by atoms with Gasteiger partial charge in [0.1, 0.15) is 12.4 Å². The summed E-state index contributed by atoms with van der Waals surface area (Å²) >= 11 is 0. The zero-order valence-electron chi connectivity index (χ0n) is 21.1. The molecule has 2 atom stereocenters. The quantitative estimate of drug-likeness (QED) is 0.175. The maximum atomic E-state index is 6.41. The molecule has 35 heavy (non-hydrogen) atoms. The highest BCUT2D eigenvalue weighted by Crippen LogP contribution is 2.48. The fourth-order valence-corrected chi connectivity index (χ4v) is 5.82. The monoisotopic (exact) mass is 479 g/mol. The Labute approximate surface area is 211 Å². The zero-order valence-corrected chi connectivity index (χ0v) is 22.1. The van der Waals surface area contributed by atoms with E-state index >= 15 is 0 Å². The van der Waals surface area contributed by atoms with Crippen LogP contribution in [-0.2, 0) is 11.8 Å². The fraction of sp³-hybridized carbons (Fsp3) is 0.219. The lowest BCUT2D eigenvalue weighted by molar-refractivity contribution is 0.299. The molecule has 0 spiro atoms. The van der Waals surface area contributed by atoms with E-state index in [4.69, 9.17) is 9.73 Å². The Morgan fingerprint density at radius 1 is 0.857 bits per heavy atom. The maximum Gasteiger partial charge on any atom is 0.123 e. The van der Waals surface area contributed by atoms with Gasteiger partial charge in [0.2, 0.25) is 0 Å². The van der Waals surface area contributed by atoms with Crippen molar-refractivity contribution in [2.45, 2.75) is 45.9 Å². The third-order valence-electron chi connectivity index (χ3n) is 6.49. The van der Waals surface area contributed by atoms with Crippen molar-refractivity contribution in [2.75, 3.05) is 0 Å². The molecule has 0 saturated heterocycles. The van der Waals surface area contributed by atoms with Gasteiger partial charge >= 0.3 is 0 Å². The molecule has 0 amide bonds. The maximum absolute atomic E-state index is 6.41. The number of hydrogen-bond acceptors (Lipinski definition) is 2. The number of rotatable bonds is 9. The molecular formula is C32H34NOP. The molecule has 178 valence electrons. The van der Waals surface area contributed by atoms with Gasteiger partial charge in [-0.15, -0.1) is 0 Å². The normalized spacial score (nSPS) is 13.4. The van der Waals surface area contributed by atoms with Crippen LogP contribution in [0.25, 0.3) is 0 Å². The highest BCUT2D eigenvalue weighted by Gasteiger charge is 2.30. The van der Waals surface area contributed by atoms with Crippen LogP contribution < -0.4 is 10.0 Å². The summed E-state index contributed by atoms with van der Waals surface area (Å²) < 4.78 is 6.41. The first-order valence-electron chi connectivity index (χ1n) is 12.2. The van der Waals surface area contributed by atoms with Gasteiger partial charge in [0.05, 0.1) is 5.69 Å². The van der Waals surface area contributed by atoms with E-state index < -0.39 is 0 Å². The predicted octanol–water partition coefficient (Wildman–Crippen LogP) is 8.26. The first-order valence-corrected chi connectivity index (χ1v) is 13.2. The van der Waals surface area contributed by atoms with Gasteiger partial charge in [-0.1, -0.05) is 107 Å². The second-order valence-corrected chi connectivity index (χ2v) is 11.1. The van der Waals surface area contributed by atoms with Crippen LogP contribution in [0.4, 0.5) is 5.69 Å². The molecule has 4 aromatic rings. The van der Waals surface area contributed by atoms with Crippen LogP contribution in [-0.4, -0.2) is 6.21 Å². The molecule has 2 unspecified atom stereocenters. The van der Waals surface area contributed by atoms with Crippen molar-refractivity contribution in [1.82, 2.24) is 0 Å². The summed E-state index contributed by atoms with van der Waals surface area (Å²) in [6, 6.07) is 33.6. The molecule has 3 heteroatoms. The summed E-state index contributed by atoms with van der Waals surface area (Å²) in [5.41, 5.74) is 7.18. The first kappa shape index (κ1) is 24.9. The molecule has 4 rings (SSSR count). The molecule has 0 radical (unpaired) electrons. The van der Waals surface area contributed by atoms with Crippen LogP contribution in [0.2, 0.25) is 0 Å². The van der Waals surface area contributed by atoms with Crippen molar-refractivity contribution in [1.29, 1.82) is 0 Å². The van der Waals surface area contributed by atoms with Gasteiger partial charge in [-0.25, -0.2) is 0 Å². The standard InChI is InChI=1S/C32H34NOP/c1-5-32(4,29-21-24(2)19-20-30(29)34-23-26-14-8-6-9-15-26)35-31-25(3)13-12-16-27(31)22-33-28-17-10-7-11-18-28/h6-22,35H,5,23H2,1-4H3. The van der Waals surface area contributed by atoms with Crippen LogP contribution in [0.3, 0.4) is 0 Å². The molecule has 0 heterocycles. The van der Waals surface area contributed by atoms with Crippen LogP contribution in [0.1, 0.15) is 48.1 Å². The zero-order chi connectivity index (χ0) is 24.7. The third-order valence-corrected chi connectivity index (χ3v) is 8.60. The van der Waals surface area contributed by atoms with Gasteiger partial charge in [-0.2, -0.15) is 0 Å². The molecule has 4 aromatic carbocycles. The van der Waals surface area contributed by atoms with Crippen molar-refractivity contribution in [2.24, 2.45) is 4.99 Å². The number of aliphatic imine (C=N–C) groups is 1. The average Bonchev–Trinajstić information content (AvgIpc) is 2.89. The van der Waals surface area contributed by atoms with E-state index in [0.717, 1.165) is 17.9 Å². The van der Waals surface area contributed by atoms with Gasteiger partial charge in [-0.3, -0.25) is 4.99 Å². The lowest BCUT2D eigenvalue weighted by Gasteiger charge is -2.32. The number of nitrogens with zero attached hydrogens (tertiary/aromatic N) is 1. The Morgan fingerprint density at radius 2 is 1.57 bits per heavy atom. The summed E-state index contributed by atoms with van der Waals surface area (Å²) in [4.78, 5) is 4.76. The largest absolute Gasteiger partial charge is 0.489 e. The van der Waals surface area contributed by atoms with Crippen molar-refractivity contribution >= 4 is 25.8 Å². The summed E-state index contributed by atoms with van der Waals surface area (Å²) in [6.45, 7) is 9.60. The summed E-state index contributed by atoms with van der Waals surface area (Å²) in [6.07, 6.45) is 3.03. The first-order chi connectivity index (χ1) is 17.0. The molecule has 0 saturated carbocycles. The Hall–Kier alpha value is -3.22. The number of aryl methyl sites for hydroxylation is 2. The Bertz CT molecular complexity index is 1280. The molecule has 0 bridgehead atoms. The van der Waals surface area contributed by atoms with Crippen molar-refractivity contribution in [3.63, 3.8) is 0 Å². The van der Waals surface area contributed by atoms with Crippen LogP contribution in [0.15, 0.2) is 102 Å². The minimum absolute atomic E-state index is 0.0561. The summed E-state index contributed by atoms with van der Waals surface area (Å²) in [5, 5.41) is 1.31. The lowest BCUT2D eigenvalue weighted by Crippen LogP contribution is -2.22. The van der Waals surface area contributed by atoms with Gasteiger partial charge < -0.3 is 4.74 Å².